The fraction of sp³-hybridized carbons (Fsp3) is 0.765. The third-order valence-corrected chi connectivity index (χ3v) is 4.73. The topological polar surface area (TPSA) is 208 Å². The lowest BCUT2D eigenvalue weighted by Crippen LogP contribution is -2.58. The molecule has 9 N–H and O–H groups in total. The number of carbonyl (C=O) groups is 4. The Morgan fingerprint density at radius 1 is 1.03 bits per heavy atom. The van der Waals surface area contributed by atoms with E-state index in [1.807, 2.05) is 0 Å². The van der Waals surface area contributed by atoms with Crippen molar-refractivity contribution in [3.8, 4) is 0 Å². The highest BCUT2D eigenvalue weighted by molar-refractivity contribution is 5.94. The predicted molar refractivity (Wildman–Crippen MR) is 101 cm³/mol. The molecule has 0 spiro atoms. The number of hydrogen-bond donors (Lipinski definition) is 7. The summed E-state index contributed by atoms with van der Waals surface area (Å²) < 4.78 is 0. The summed E-state index contributed by atoms with van der Waals surface area (Å²) in [7, 11) is 0. The molecule has 0 aromatic heterocycles. The van der Waals surface area contributed by atoms with Crippen LogP contribution in [-0.4, -0.2) is 94.4 Å². The van der Waals surface area contributed by atoms with Gasteiger partial charge in [-0.2, -0.15) is 0 Å². The number of unbranched alkanes of at least 4 members (excludes halogenated alkanes) is 1. The van der Waals surface area contributed by atoms with Crippen molar-refractivity contribution in [3.05, 3.63) is 0 Å². The van der Waals surface area contributed by atoms with Gasteiger partial charge >= 0.3 is 5.97 Å². The molecule has 1 fully saturated rings. The van der Waals surface area contributed by atoms with E-state index < -0.39 is 61.1 Å². The van der Waals surface area contributed by atoms with Crippen molar-refractivity contribution in [2.45, 2.75) is 56.3 Å². The molecule has 4 atom stereocenters. The molecule has 1 aliphatic rings. The zero-order valence-corrected chi connectivity index (χ0v) is 16.2. The highest BCUT2D eigenvalue weighted by Gasteiger charge is 2.38. The number of aliphatic carboxylic acids is 1. The molecule has 12 heteroatoms. The summed E-state index contributed by atoms with van der Waals surface area (Å²) in [6.45, 7) is -0.731. The Morgan fingerprint density at radius 3 is 2.24 bits per heavy atom. The van der Waals surface area contributed by atoms with Gasteiger partial charge < -0.3 is 42.3 Å². The molecule has 1 saturated heterocycles. The van der Waals surface area contributed by atoms with Gasteiger partial charge in [0.2, 0.25) is 17.7 Å². The van der Waals surface area contributed by atoms with Crippen molar-refractivity contribution in [2.75, 3.05) is 26.3 Å². The molecule has 3 amide bonds. The van der Waals surface area contributed by atoms with Gasteiger partial charge in [-0.1, -0.05) is 0 Å². The lowest BCUT2D eigenvalue weighted by molar-refractivity contribution is -0.150. The number of nitrogens with two attached hydrogens (primary N) is 2. The van der Waals surface area contributed by atoms with Gasteiger partial charge in [0.25, 0.3) is 0 Å². The van der Waals surface area contributed by atoms with Crippen LogP contribution in [0.5, 0.6) is 0 Å². The molecule has 12 nitrogen and oxygen atoms in total. The Morgan fingerprint density at radius 2 is 1.69 bits per heavy atom. The van der Waals surface area contributed by atoms with E-state index in [4.69, 9.17) is 16.6 Å². The number of nitrogens with one attached hydrogen (secondary N) is 2. The van der Waals surface area contributed by atoms with Crippen molar-refractivity contribution in [2.24, 2.45) is 11.5 Å². The maximum Gasteiger partial charge on any atom is 0.326 e. The maximum absolute atomic E-state index is 12.6. The van der Waals surface area contributed by atoms with Crippen LogP contribution in [-0.2, 0) is 19.2 Å². The number of nitrogens with zero attached hydrogens (tertiary/aromatic N) is 1. The van der Waals surface area contributed by atoms with Gasteiger partial charge in [0, 0.05) is 6.54 Å². The van der Waals surface area contributed by atoms with Gasteiger partial charge in [0.1, 0.15) is 24.2 Å². The van der Waals surface area contributed by atoms with Gasteiger partial charge in [-0.3, -0.25) is 14.4 Å². The molecular weight excluding hydrogens is 386 g/mol. The average Bonchev–Trinajstić information content (AvgIpc) is 3.20. The number of rotatable bonds is 12. The van der Waals surface area contributed by atoms with Crippen LogP contribution in [0.3, 0.4) is 0 Å². The van der Waals surface area contributed by atoms with Crippen molar-refractivity contribution in [3.63, 3.8) is 0 Å². The van der Waals surface area contributed by atoms with Crippen LogP contribution in [0.15, 0.2) is 0 Å². The van der Waals surface area contributed by atoms with E-state index >= 15 is 0 Å². The Kier molecular flexibility index (Phi) is 10.5. The first kappa shape index (κ1) is 24.8. The Labute approximate surface area is 168 Å². The fourth-order valence-corrected chi connectivity index (χ4v) is 3.07. The van der Waals surface area contributed by atoms with E-state index in [9.17, 15) is 29.4 Å². The molecule has 0 aliphatic carbocycles. The minimum atomic E-state index is -1.34. The van der Waals surface area contributed by atoms with Crippen molar-refractivity contribution in [1.29, 1.82) is 0 Å². The third-order valence-electron chi connectivity index (χ3n) is 4.73. The molecular formula is C17H31N5O7. The van der Waals surface area contributed by atoms with Crippen LogP contribution < -0.4 is 22.1 Å². The molecule has 0 radical (unpaired) electrons. The molecule has 1 rings (SSSR count). The summed E-state index contributed by atoms with van der Waals surface area (Å²) in [5.41, 5.74) is 10.9. The van der Waals surface area contributed by atoms with Crippen LogP contribution in [0.1, 0.15) is 32.1 Å². The molecule has 0 aromatic rings. The van der Waals surface area contributed by atoms with Crippen molar-refractivity contribution in [1.82, 2.24) is 15.5 Å². The number of hydrogen-bond acceptors (Lipinski definition) is 8. The van der Waals surface area contributed by atoms with E-state index in [1.54, 1.807) is 0 Å². The number of carbonyl (C=O) groups excluding carboxylic acids is 3. The second kappa shape index (κ2) is 12.3. The van der Waals surface area contributed by atoms with Gasteiger partial charge in [-0.25, -0.2) is 4.79 Å². The molecule has 1 aliphatic heterocycles. The number of aliphatic hydroxyl groups is 2. The Bertz CT molecular complexity index is 589. The lowest BCUT2D eigenvalue weighted by atomic mass is 10.1. The lowest BCUT2D eigenvalue weighted by Gasteiger charge is -2.28. The molecule has 0 saturated carbocycles. The van der Waals surface area contributed by atoms with Gasteiger partial charge in [0.15, 0.2) is 0 Å². The summed E-state index contributed by atoms with van der Waals surface area (Å²) in [4.78, 5) is 49.6. The second-order valence-corrected chi connectivity index (χ2v) is 6.91. The van der Waals surface area contributed by atoms with Crippen LogP contribution in [0.2, 0.25) is 0 Å². The number of likely N-dealkylation sites (tertiary alicyclic amines) is 1. The summed E-state index contributed by atoms with van der Waals surface area (Å²) in [5.74, 6) is -3.31. The zero-order chi connectivity index (χ0) is 22.0. The first-order chi connectivity index (χ1) is 13.8. The minimum absolute atomic E-state index is 0.209. The SMILES string of the molecule is NCCCCC(NC(=O)C(N)CO)C(=O)NC(CO)C(=O)N1CCCC1C(=O)O. The molecule has 0 bridgehead atoms. The average molecular weight is 417 g/mol. The Hall–Kier alpha value is -2.28. The van der Waals surface area contributed by atoms with Crippen LogP contribution in [0, 0.1) is 0 Å². The van der Waals surface area contributed by atoms with Crippen molar-refractivity contribution < 1.29 is 34.5 Å². The molecule has 166 valence electrons. The standard InChI is InChI=1S/C17H31N5O7/c18-6-2-1-4-11(20-14(25)10(19)8-23)15(26)21-12(9-24)16(27)22-7-3-5-13(22)17(28)29/h10-13,23-24H,1-9,18-19H2,(H,20,25)(H,21,26)(H,28,29). The molecule has 1 heterocycles. The summed E-state index contributed by atoms with van der Waals surface area (Å²) >= 11 is 0. The normalized spacial score (nSPS) is 19.3. The molecule has 0 aromatic carbocycles. The van der Waals surface area contributed by atoms with Crippen LogP contribution >= 0.6 is 0 Å². The van der Waals surface area contributed by atoms with Gasteiger partial charge in [0.05, 0.1) is 13.2 Å². The van der Waals surface area contributed by atoms with Crippen molar-refractivity contribution >= 4 is 23.7 Å². The molecule has 4 unspecified atom stereocenters. The van der Waals surface area contributed by atoms with E-state index in [-0.39, 0.29) is 13.0 Å². The predicted octanol–water partition coefficient (Wildman–Crippen LogP) is -3.53. The number of aliphatic hydroxyl groups excluding tert-OH is 2. The van der Waals surface area contributed by atoms with E-state index in [0.29, 0.717) is 32.2 Å². The Balaban J connectivity index is 2.83. The number of carboxylic acid groups (broad SMARTS) is 1. The van der Waals surface area contributed by atoms with Gasteiger partial charge in [-0.15, -0.1) is 0 Å². The number of amides is 3. The van der Waals surface area contributed by atoms with E-state index in [1.165, 1.54) is 0 Å². The highest BCUT2D eigenvalue weighted by atomic mass is 16.4. The van der Waals surface area contributed by atoms with Crippen LogP contribution in [0.25, 0.3) is 0 Å². The smallest absolute Gasteiger partial charge is 0.326 e. The minimum Gasteiger partial charge on any atom is -0.480 e. The van der Waals surface area contributed by atoms with Crippen LogP contribution in [0.4, 0.5) is 0 Å². The largest absolute Gasteiger partial charge is 0.480 e. The van der Waals surface area contributed by atoms with E-state index in [2.05, 4.69) is 10.6 Å². The van der Waals surface area contributed by atoms with E-state index in [0.717, 1.165) is 4.90 Å². The summed E-state index contributed by atoms with van der Waals surface area (Å²) in [6.07, 6.45) is 2.12. The first-order valence-electron chi connectivity index (χ1n) is 9.58. The first-order valence-corrected chi connectivity index (χ1v) is 9.58. The van der Waals surface area contributed by atoms with Gasteiger partial charge in [-0.05, 0) is 38.6 Å². The second-order valence-electron chi connectivity index (χ2n) is 6.91. The maximum atomic E-state index is 12.6. The monoisotopic (exact) mass is 417 g/mol. The zero-order valence-electron chi connectivity index (χ0n) is 16.2. The fourth-order valence-electron chi connectivity index (χ4n) is 3.07. The number of carboxylic acids is 1. The summed E-state index contributed by atoms with van der Waals surface area (Å²) in [5, 5.41) is 32.6. The third kappa shape index (κ3) is 7.24. The quantitative estimate of drug-likeness (QED) is 0.157. The summed E-state index contributed by atoms with van der Waals surface area (Å²) in [6, 6.07) is -4.61. The molecule has 29 heavy (non-hydrogen) atoms. The highest BCUT2D eigenvalue weighted by Crippen LogP contribution is 2.18.